The van der Waals surface area contributed by atoms with Crippen LogP contribution in [0.2, 0.25) is 0 Å². The summed E-state index contributed by atoms with van der Waals surface area (Å²) in [6, 6.07) is 3.95. The molecule has 26 heavy (non-hydrogen) atoms. The highest BCUT2D eigenvalue weighted by Gasteiger charge is 2.18. The first kappa shape index (κ1) is 16.9. The lowest BCUT2D eigenvalue weighted by molar-refractivity contribution is 0.204. The maximum Gasteiger partial charge on any atom is 0.222 e. The van der Waals surface area contributed by atoms with Gasteiger partial charge < -0.3 is 5.32 Å². The van der Waals surface area contributed by atoms with Crippen LogP contribution in [0.25, 0.3) is 0 Å². The van der Waals surface area contributed by atoms with Gasteiger partial charge >= 0.3 is 0 Å². The van der Waals surface area contributed by atoms with E-state index in [-0.39, 0.29) is 0 Å². The smallest absolute Gasteiger partial charge is 0.222 e. The van der Waals surface area contributed by atoms with Gasteiger partial charge in [-0.1, -0.05) is 11.8 Å². The summed E-state index contributed by atoms with van der Waals surface area (Å²) in [4.78, 5) is 19.4. The lowest BCUT2D eigenvalue weighted by atomic mass is 10.2. The van der Waals surface area contributed by atoms with E-state index in [4.69, 9.17) is 0 Å². The van der Waals surface area contributed by atoms with E-state index < -0.39 is 0 Å². The zero-order valence-corrected chi connectivity index (χ0v) is 15.4. The highest BCUT2D eigenvalue weighted by Crippen LogP contribution is 2.17. The Kier molecular flexibility index (Phi) is 5.07. The summed E-state index contributed by atoms with van der Waals surface area (Å²) >= 11 is 1.56. The lowest BCUT2D eigenvalue weighted by Crippen LogP contribution is -2.33. The van der Waals surface area contributed by atoms with E-state index in [1.54, 1.807) is 30.2 Å². The van der Waals surface area contributed by atoms with Crippen LogP contribution in [-0.4, -0.2) is 47.4 Å². The topological polar surface area (TPSA) is 84.7 Å². The van der Waals surface area contributed by atoms with E-state index in [1.165, 1.54) is 5.69 Å². The first-order chi connectivity index (χ1) is 12.8. The molecule has 3 aromatic heterocycles. The van der Waals surface area contributed by atoms with Crippen LogP contribution in [0.5, 0.6) is 0 Å². The number of nitrogens with one attached hydrogen (secondary N) is 1. The third kappa shape index (κ3) is 4.00. The van der Waals surface area contributed by atoms with Crippen LogP contribution in [0.4, 0.5) is 5.95 Å². The maximum absolute atomic E-state index is 4.67. The number of fused-ring (bicyclic) bond motifs is 1. The van der Waals surface area contributed by atoms with Gasteiger partial charge in [-0.2, -0.15) is 5.10 Å². The fourth-order valence-corrected chi connectivity index (χ4v) is 3.27. The molecule has 0 fully saturated rings. The Hall–Kier alpha value is -2.52. The van der Waals surface area contributed by atoms with E-state index >= 15 is 0 Å². The number of hydrogen-bond donors (Lipinski definition) is 1. The molecule has 0 aromatic carbocycles. The maximum atomic E-state index is 4.67. The van der Waals surface area contributed by atoms with Crippen molar-refractivity contribution >= 4 is 17.7 Å². The third-order valence-corrected chi connectivity index (χ3v) is 4.77. The van der Waals surface area contributed by atoms with Crippen LogP contribution in [-0.2, 0) is 26.2 Å². The Bertz CT molecular complexity index is 849. The number of nitrogens with zero attached hydrogens (tertiary/aromatic N) is 7. The quantitative estimate of drug-likeness (QED) is 0.521. The summed E-state index contributed by atoms with van der Waals surface area (Å²) in [5.41, 5.74) is 3.37. The Morgan fingerprint density at radius 3 is 2.69 bits per heavy atom. The molecule has 0 saturated heterocycles. The van der Waals surface area contributed by atoms with E-state index in [1.807, 2.05) is 18.6 Å². The number of thioether (sulfide) groups is 1. The van der Waals surface area contributed by atoms with Gasteiger partial charge in [-0.05, 0) is 18.4 Å². The molecule has 1 aliphatic heterocycles. The van der Waals surface area contributed by atoms with Crippen LogP contribution >= 0.6 is 11.8 Å². The zero-order valence-electron chi connectivity index (χ0n) is 14.5. The van der Waals surface area contributed by atoms with Gasteiger partial charge in [0.2, 0.25) is 5.95 Å². The Labute approximate surface area is 156 Å². The monoisotopic (exact) mass is 368 g/mol. The van der Waals surface area contributed by atoms with Crippen molar-refractivity contribution in [1.82, 2.24) is 34.6 Å². The molecule has 1 aliphatic rings. The minimum absolute atomic E-state index is 0.619. The van der Waals surface area contributed by atoms with Crippen molar-refractivity contribution in [3.05, 3.63) is 53.9 Å². The van der Waals surface area contributed by atoms with E-state index in [0.717, 1.165) is 42.6 Å². The molecule has 134 valence electrons. The molecule has 0 radical (unpaired) electrons. The van der Waals surface area contributed by atoms with Crippen molar-refractivity contribution in [3.8, 4) is 0 Å². The second-order valence-corrected chi connectivity index (χ2v) is 6.84. The molecule has 4 rings (SSSR count). The van der Waals surface area contributed by atoms with Crippen LogP contribution < -0.4 is 5.32 Å². The van der Waals surface area contributed by atoms with Crippen LogP contribution in [0, 0.1) is 0 Å². The molecule has 0 bridgehead atoms. The number of aromatic nitrogens is 6. The van der Waals surface area contributed by atoms with Gasteiger partial charge in [0.25, 0.3) is 0 Å². The number of rotatable bonds is 6. The van der Waals surface area contributed by atoms with Crippen LogP contribution in [0.15, 0.2) is 42.1 Å². The minimum atomic E-state index is 0.619. The first-order valence-corrected chi connectivity index (χ1v) is 9.66. The summed E-state index contributed by atoms with van der Waals surface area (Å²) in [7, 11) is 0. The van der Waals surface area contributed by atoms with Crippen LogP contribution in [0.3, 0.4) is 0 Å². The first-order valence-electron chi connectivity index (χ1n) is 8.44. The van der Waals surface area contributed by atoms with Gasteiger partial charge in [-0.15, -0.1) is 0 Å². The normalized spacial score (nSPS) is 14.2. The second kappa shape index (κ2) is 7.79. The molecule has 3 aromatic rings. The van der Waals surface area contributed by atoms with Gasteiger partial charge in [0.05, 0.1) is 24.5 Å². The van der Waals surface area contributed by atoms with Gasteiger partial charge in [0, 0.05) is 50.0 Å². The van der Waals surface area contributed by atoms with Gasteiger partial charge in [0.1, 0.15) is 0 Å². The van der Waals surface area contributed by atoms with Crippen LogP contribution in [0.1, 0.15) is 17.0 Å². The summed E-state index contributed by atoms with van der Waals surface area (Å²) in [6.45, 7) is 4.20. The predicted molar refractivity (Wildman–Crippen MR) is 99.5 cm³/mol. The molecule has 1 N–H and O–H groups in total. The molecular weight excluding hydrogens is 348 g/mol. The molecule has 0 unspecified atom stereocenters. The summed E-state index contributed by atoms with van der Waals surface area (Å²) in [5, 5.41) is 8.69. The van der Waals surface area contributed by atoms with Crippen molar-refractivity contribution in [3.63, 3.8) is 0 Å². The second-order valence-electron chi connectivity index (χ2n) is 6.06. The van der Waals surface area contributed by atoms with Crippen molar-refractivity contribution in [2.75, 3.05) is 18.1 Å². The lowest BCUT2D eigenvalue weighted by Gasteiger charge is -2.27. The fourth-order valence-electron chi connectivity index (χ4n) is 2.95. The van der Waals surface area contributed by atoms with Gasteiger partial charge in [-0.25, -0.2) is 19.9 Å². The molecular formula is C17H20N8S. The summed E-state index contributed by atoms with van der Waals surface area (Å²) in [6.07, 6.45) is 9.26. The van der Waals surface area contributed by atoms with Crippen molar-refractivity contribution in [2.24, 2.45) is 0 Å². The average Bonchev–Trinajstić information content (AvgIpc) is 3.10. The van der Waals surface area contributed by atoms with E-state index in [0.29, 0.717) is 12.5 Å². The van der Waals surface area contributed by atoms with Crippen molar-refractivity contribution in [1.29, 1.82) is 0 Å². The number of anilines is 1. The Balaban J connectivity index is 1.36. The van der Waals surface area contributed by atoms with E-state index in [2.05, 4.69) is 46.0 Å². The molecule has 0 atom stereocenters. The number of hydrogen-bond acceptors (Lipinski definition) is 8. The van der Waals surface area contributed by atoms with Crippen molar-refractivity contribution in [2.45, 2.75) is 31.3 Å². The predicted octanol–water partition coefficient (Wildman–Crippen LogP) is 1.81. The van der Waals surface area contributed by atoms with Gasteiger partial charge in [-0.3, -0.25) is 9.58 Å². The standard InChI is InChI=1S/C17H20N8S/c1-26-17-21-8-13(9-22-17)11-24-5-6-25-15(12-24)7-14(23-25)10-20-16-18-3-2-4-19-16/h2-4,7-9H,5-6,10-12H2,1H3,(H,18,19,20). The largest absolute Gasteiger partial charge is 0.348 e. The van der Waals surface area contributed by atoms with E-state index in [9.17, 15) is 0 Å². The molecule has 0 spiro atoms. The molecule has 0 amide bonds. The summed E-state index contributed by atoms with van der Waals surface area (Å²) in [5.74, 6) is 0.619. The minimum Gasteiger partial charge on any atom is -0.348 e. The summed E-state index contributed by atoms with van der Waals surface area (Å²) < 4.78 is 2.09. The third-order valence-electron chi connectivity index (χ3n) is 4.19. The fraction of sp³-hybridized carbons (Fsp3) is 0.353. The average molecular weight is 368 g/mol. The molecule has 9 heteroatoms. The molecule has 0 aliphatic carbocycles. The molecule has 0 saturated carbocycles. The highest BCUT2D eigenvalue weighted by molar-refractivity contribution is 7.98. The highest BCUT2D eigenvalue weighted by atomic mass is 32.2. The van der Waals surface area contributed by atoms with Crippen molar-refractivity contribution < 1.29 is 0 Å². The zero-order chi connectivity index (χ0) is 17.8. The Morgan fingerprint density at radius 2 is 1.92 bits per heavy atom. The Morgan fingerprint density at radius 1 is 1.12 bits per heavy atom. The van der Waals surface area contributed by atoms with Gasteiger partial charge in [0.15, 0.2) is 5.16 Å². The molecule has 8 nitrogen and oxygen atoms in total. The molecule has 4 heterocycles. The SMILES string of the molecule is CSc1ncc(CN2CCn3nc(CNc4ncccn4)cc3C2)cn1.